The molecule has 0 aliphatic heterocycles. The first kappa shape index (κ1) is 21.5. The van der Waals surface area contributed by atoms with E-state index >= 15 is 0 Å². The molecule has 0 unspecified atom stereocenters. The smallest absolute Gasteiger partial charge is 0.341 e. The van der Waals surface area contributed by atoms with Gasteiger partial charge in [0.1, 0.15) is 23.9 Å². The number of nitrogens with zero attached hydrogens (tertiary/aromatic N) is 1. The molecule has 1 heterocycles. The highest BCUT2D eigenvalue weighted by atomic mass is 35.5. The maximum Gasteiger partial charge on any atom is 0.341 e. The molecule has 1 N–H and O–H groups in total. The van der Waals surface area contributed by atoms with Crippen LogP contribution in [0.3, 0.4) is 0 Å². The molecular formula is C23H22ClNO5. The number of aryl methyl sites for hydroxylation is 1. The molecule has 0 amide bonds. The normalized spacial score (nSPS) is 10.5. The largest absolute Gasteiger partial charge is 0.493 e. The zero-order chi connectivity index (χ0) is 21.3. The maximum atomic E-state index is 10.9. The first-order valence-electron chi connectivity index (χ1n) is 9.40. The summed E-state index contributed by atoms with van der Waals surface area (Å²) in [6.45, 7) is 2.05. The summed E-state index contributed by atoms with van der Waals surface area (Å²) in [6.07, 6.45) is 2.47. The molecule has 30 heavy (non-hydrogen) atoms. The van der Waals surface area contributed by atoms with Gasteiger partial charge in [0, 0.05) is 35.0 Å². The van der Waals surface area contributed by atoms with E-state index in [2.05, 4.69) is 4.98 Å². The van der Waals surface area contributed by atoms with Crippen LogP contribution < -0.4 is 14.2 Å². The van der Waals surface area contributed by atoms with Crippen LogP contribution in [0.4, 0.5) is 0 Å². The van der Waals surface area contributed by atoms with Crippen molar-refractivity contribution in [1.29, 1.82) is 0 Å². The molecule has 0 fully saturated rings. The van der Waals surface area contributed by atoms with Crippen molar-refractivity contribution in [2.75, 3.05) is 13.2 Å². The summed E-state index contributed by atoms with van der Waals surface area (Å²) in [5, 5.41) is 9.42. The van der Waals surface area contributed by atoms with Crippen molar-refractivity contribution in [3.05, 3.63) is 82.6 Å². The van der Waals surface area contributed by atoms with Crippen LogP contribution in [0.2, 0.25) is 5.02 Å². The van der Waals surface area contributed by atoms with Gasteiger partial charge in [-0.3, -0.25) is 4.98 Å². The van der Waals surface area contributed by atoms with E-state index < -0.39 is 12.6 Å². The Morgan fingerprint density at radius 2 is 1.83 bits per heavy atom. The van der Waals surface area contributed by atoms with Crippen LogP contribution in [0.25, 0.3) is 0 Å². The molecule has 0 aliphatic carbocycles. The predicted octanol–water partition coefficient (Wildman–Crippen LogP) is 4.71. The monoisotopic (exact) mass is 427 g/mol. The number of ether oxygens (including phenoxy) is 3. The van der Waals surface area contributed by atoms with E-state index in [0.29, 0.717) is 40.9 Å². The van der Waals surface area contributed by atoms with Gasteiger partial charge < -0.3 is 19.3 Å². The predicted molar refractivity (Wildman–Crippen MR) is 114 cm³/mol. The van der Waals surface area contributed by atoms with Crippen molar-refractivity contribution in [2.24, 2.45) is 0 Å². The Balaban J connectivity index is 1.62. The summed E-state index contributed by atoms with van der Waals surface area (Å²) in [7, 11) is 0. The lowest BCUT2D eigenvalue weighted by Crippen LogP contribution is -2.12. The third-order valence-electron chi connectivity index (χ3n) is 4.21. The second-order valence-electron chi connectivity index (χ2n) is 6.58. The minimum Gasteiger partial charge on any atom is -0.493 e. The van der Waals surface area contributed by atoms with Crippen molar-refractivity contribution >= 4 is 17.6 Å². The molecule has 6 nitrogen and oxygen atoms in total. The molecule has 0 atom stereocenters. The van der Waals surface area contributed by atoms with Crippen LogP contribution in [0.1, 0.15) is 16.8 Å². The lowest BCUT2D eigenvalue weighted by Gasteiger charge is -2.15. The molecule has 0 saturated heterocycles. The zero-order valence-corrected chi connectivity index (χ0v) is 17.3. The van der Waals surface area contributed by atoms with Gasteiger partial charge in [0.15, 0.2) is 6.61 Å². The fourth-order valence-electron chi connectivity index (χ4n) is 2.88. The van der Waals surface area contributed by atoms with Crippen LogP contribution in [0, 0.1) is 6.92 Å². The number of carboxylic acids is 1. The molecular weight excluding hydrogens is 406 g/mol. The number of rotatable bonds is 10. The van der Waals surface area contributed by atoms with E-state index in [-0.39, 0.29) is 6.61 Å². The number of pyridine rings is 1. The van der Waals surface area contributed by atoms with Gasteiger partial charge in [-0.15, -0.1) is 0 Å². The number of carboxylic acid groups (broad SMARTS) is 1. The minimum absolute atomic E-state index is 0.174. The van der Waals surface area contributed by atoms with Crippen molar-refractivity contribution < 1.29 is 24.1 Å². The molecule has 0 bridgehead atoms. The van der Waals surface area contributed by atoms with E-state index in [0.717, 1.165) is 11.3 Å². The number of aromatic nitrogens is 1. The van der Waals surface area contributed by atoms with Gasteiger partial charge in [0.25, 0.3) is 0 Å². The quantitative estimate of drug-likeness (QED) is 0.505. The first-order chi connectivity index (χ1) is 14.5. The molecule has 0 aliphatic rings. The number of hydrogen-bond acceptors (Lipinski definition) is 5. The average Bonchev–Trinajstić information content (AvgIpc) is 2.72. The maximum absolute atomic E-state index is 10.9. The van der Waals surface area contributed by atoms with Gasteiger partial charge in [0.2, 0.25) is 0 Å². The van der Waals surface area contributed by atoms with Crippen molar-refractivity contribution in [1.82, 2.24) is 4.98 Å². The molecule has 3 rings (SSSR count). The molecule has 7 heteroatoms. The standard InChI is InChI=1S/C23H22ClNO5/c1-16-11-18(24)12-17(23(16)30-15-22(26)27)14-29-21-7-4-6-20(13-21)28-10-8-19-5-2-3-9-25-19/h2-7,9,11-13H,8,10,14-15H2,1H3,(H,26,27). The van der Waals surface area contributed by atoms with Crippen LogP contribution in [-0.4, -0.2) is 29.3 Å². The molecule has 156 valence electrons. The van der Waals surface area contributed by atoms with Crippen molar-refractivity contribution in [3.63, 3.8) is 0 Å². The minimum atomic E-state index is -1.05. The summed E-state index contributed by atoms with van der Waals surface area (Å²) in [6, 6.07) is 16.5. The molecule has 0 spiro atoms. The second-order valence-corrected chi connectivity index (χ2v) is 7.01. The summed E-state index contributed by atoms with van der Waals surface area (Å²) in [4.78, 5) is 15.1. The Kier molecular flexibility index (Phi) is 7.51. The van der Waals surface area contributed by atoms with Crippen LogP contribution in [0.15, 0.2) is 60.8 Å². The molecule has 0 saturated carbocycles. The Hall–Kier alpha value is -3.25. The third kappa shape index (κ3) is 6.39. The molecule has 3 aromatic rings. The van der Waals surface area contributed by atoms with E-state index in [9.17, 15) is 4.79 Å². The van der Waals surface area contributed by atoms with Gasteiger partial charge >= 0.3 is 5.97 Å². The number of benzene rings is 2. The summed E-state index contributed by atoms with van der Waals surface area (Å²) in [5.41, 5.74) is 2.38. The summed E-state index contributed by atoms with van der Waals surface area (Å²) >= 11 is 6.15. The number of aliphatic carboxylic acids is 1. The Labute approximate surface area is 180 Å². The Bertz CT molecular complexity index is 994. The van der Waals surface area contributed by atoms with Crippen molar-refractivity contribution in [3.8, 4) is 17.2 Å². The first-order valence-corrected chi connectivity index (χ1v) is 9.78. The highest BCUT2D eigenvalue weighted by Crippen LogP contribution is 2.29. The Morgan fingerprint density at radius 1 is 1.03 bits per heavy atom. The highest BCUT2D eigenvalue weighted by molar-refractivity contribution is 6.30. The number of carbonyl (C=O) groups is 1. The highest BCUT2D eigenvalue weighted by Gasteiger charge is 2.12. The van der Waals surface area contributed by atoms with Gasteiger partial charge in [-0.2, -0.15) is 0 Å². The topological polar surface area (TPSA) is 77.9 Å². The summed E-state index contributed by atoms with van der Waals surface area (Å²) < 4.78 is 17.1. The van der Waals surface area contributed by atoms with Gasteiger partial charge in [-0.1, -0.05) is 23.7 Å². The molecule has 0 radical (unpaired) electrons. The Morgan fingerprint density at radius 3 is 2.57 bits per heavy atom. The SMILES string of the molecule is Cc1cc(Cl)cc(COc2cccc(OCCc3ccccn3)c2)c1OCC(=O)O. The zero-order valence-electron chi connectivity index (χ0n) is 16.5. The molecule has 2 aromatic carbocycles. The number of hydrogen-bond donors (Lipinski definition) is 1. The lowest BCUT2D eigenvalue weighted by atomic mass is 10.1. The fraction of sp³-hybridized carbons (Fsp3) is 0.217. The van der Waals surface area contributed by atoms with Crippen LogP contribution >= 0.6 is 11.6 Å². The third-order valence-corrected chi connectivity index (χ3v) is 4.43. The fourth-order valence-corrected chi connectivity index (χ4v) is 3.18. The molecule has 1 aromatic heterocycles. The summed E-state index contributed by atoms with van der Waals surface area (Å²) in [5.74, 6) is 0.719. The van der Waals surface area contributed by atoms with Gasteiger partial charge in [-0.05, 0) is 48.9 Å². The van der Waals surface area contributed by atoms with Crippen LogP contribution in [-0.2, 0) is 17.8 Å². The second kappa shape index (κ2) is 10.5. The van der Waals surface area contributed by atoms with Gasteiger partial charge in [0.05, 0.1) is 6.61 Å². The average molecular weight is 428 g/mol. The van der Waals surface area contributed by atoms with E-state index in [1.165, 1.54) is 0 Å². The van der Waals surface area contributed by atoms with E-state index in [1.54, 1.807) is 24.4 Å². The van der Waals surface area contributed by atoms with E-state index in [1.807, 2.05) is 43.3 Å². The van der Waals surface area contributed by atoms with E-state index in [4.69, 9.17) is 30.9 Å². The van der Waals surface area contributed by atoms with Crippen molar-refractivity contribution in [2.45, 2.75) is 20.0 Å². The van der Waals surface area contributed by atoms with Crippen LogP contribution in [0.5, 0.6) is 17.2 Å². The van der Waals surface area contributed by atoms with Gasteiger partial charge in [-0.25, -0.2) is 4.79 Å². The number of halogens is 1. The lowest BCUT2D eigenvalue weighted by molar-refractivity contribution is -0.139.